The Kier molecular flexibility index (Phi) is 7.38. The lowest BCUT2D eigenvalue weighted by molar-refractivity contribution is -0.139. The number of carbonyl (C=O) groups is 2. The molecule has 1 aliphatic rings. The number of carbonyl (C=O) groups excluding carboxylic acids is 2. The van der Waals surface area contributed by atoms with E-state index in [9.17, 15) is 9.59 Å². The van der Waals surface area contributed by atoms with E-state index >= 15 is 0 Å². The highest BCUT2D eigenvalue weighted by molar-refractivity contribution is 6.30. The molecular formula is C24H29ClN2O3. The molecule has 1 saturated heterocycles. The Morgan fingerprint density at radius 2 is 1.87 bits per heavy atom. The zero-order valence-electron chi connectivity index (χ0n) is 17.4. The van der Waals surface area contributed by atoms with Crippen LogP contribution in [0, 0.1) is 5.41 Å². The highest BCUT2D eigenvalue weighted by Crippen LogP contribution is 2.36. The molecule has 2 amide bonds. The van der Waals surface area contributed by atoms with Crippen LogP contribution in [0.1, 0.15) is 44.1 Å². The Morgan fingerprint density at radius 3 is 2.50 bits per heavy atom. The van der Waals surface area contributed by atoms with Crippen LogP contribution in [0.4, 0.5) is 0 Å². The summed E-state index contributed by atoms with van der Waals surface area (Å²) in [5.74, 6) is 0.220. The van der Waals surface area contributed by atoms with Gasteiger partial charge in [0.15, 0.2) is 0 Å². The number of amides is 2. The third-order valence-corrected chi connectivity index (χ3v) is 6.04. The Bertz CT molecular complexity index is 857. The van der Waals surface area contributed by atoms with Crippen LogP contribution in [-0.2, 0) is 9.59 Å². The molecule has 2 aromatic rings. The van der Waals surface area contributed by atoms with Gasteiger partial charge in [0.2, 0.25) is 11.8 Å². The minimum absolute atomic E-state index is 0.101. The molecule has 0 bridgehead atoms. The minimum Gasteiger partial charge on any atom is -0.493 e. The molecule has 3 rings (SSSR count). The fourth-order valence-corrected chi connectivity index (χ4v) is 4.43. The zero-order chi connectivity index (χ0) is 21.6. The summed E-state index contributed by atoms with van der Waals surface area (Å²) in [5.41, 5.74) is 6.11. The van der Waals surface area contributed by atoms with E-state index in [4.69, 9.17) is 22.1 Å². The van der Waals surface area contributed by atoms with Crippen molar-refractivity contribution in [1.29, 1.82) is 0 Å². The molecule has 0 spiro atoms. The number of piperidine rings is 1. The number of rotatable bonds is 8. The average molecular weight is 429 g/mol. The van der Waals surface area contributed by atoms with Crippen molar-refractivity contribution < 1.29 is 14.3 Å². The van der Waals surface area contributed by atoms with Crippen LogP contribution in [0.25, 0.3) is 0 Å². The predicted octanol–water partition coefficient (Wildman–Crippen LogP) is 4.40. The fourth-order valence-electron chi connectivity index (χ4n) is 4.30. The van der Waals surface area contributed by atoms with Gasteiger partial charge in [0.1, 0.15) is 5.75 Å². The molecule has 1 fully saturated rings. The Labute approximate surface area is 183 Å². The minimum atomic E-state index is -0.492. The van der Waals surface area contributed by atoms with Crippen molar-refractivity contribution in [3.05, 3.63) is 65.2 Å². The van der Waals surface area contributed by atoms with Crippen LogP contribution in [-0.4, -0.2) is 36.4 Å². The van der Waals surface area contributed by atoms with E-state index < -0.39 is 5.41 Å². The lowest BCUT2D eigenvalue weighted by atomic mass is 9.77. The molecule has 0 radical (unpaired) electrons. The summed E-state index contributed by atoms with van der Waals surface area (Å²) >= 11 is 5.94. The third kappa shape index (κ3) is 5.54. The van der Waals surface area contributed by atoms with E-state index in [0.29, 0.717) is 30.5 Å². The molecule has 6 heteroatoms. The van der Waals surface area contributed by atoms with E-state index in [2.05, 4.69) is 0 Å². The van der Waals surface area contributed by atoms with Gasteiger partial charge in [-0.2, -0.15) is 0 Å². The average Bonchev–Trinajstić information content (AvgIpc) is 2.74. The summed E-state index contributed by atoms with van der Waals surface area (Å²) in [6.07, 6.45) is 2.51. The third-order valence-electron chi connectivity index (χ3n) is 5.79. The topological polar surface area (TPSA) is 72.6 Å². The number of likely N-dealkylation sites (tertiary alicyclic amines) is 1. The molecule has 1 heterocycles. The van der Waals surface area contributed by atoms with Crippen LogP contribution < -0.4 is 10.5 Å². The van der Waals surface area contributed by atoms with E-state index in [1.165, 1.54) is 0 Å². The molecule has 30 heavy (non-hydrogen) atoms. The summed E-state index contributed by atoms with van der Waals surface area (Å²) in [4.78, 5) is 27.1. The molecule has 5 nitrogen and oxygen atoms in total. The summed E-state index contributed by atoms with van der Waals surface area (Å²) in [7, 11) is 0. The van der Waals surface area contributed by atoms with E-state index in [0.717, 1.165) is 24.8 Å². The van der Waals surface area contributed by atoms with Crippen LogP contribution in [0.15, 0.2) is 54.6 Å². The van der Waals surface area contributed by atoms with Gasteiger partial charge >= 0.3 is 0 Å². The maximum absolute atomic E-state index is 13.4. The van der Waals surface area contributed by atoms with Gasteiger partial charge in [0, 0.05) is 29.9 Å². The number of hydrogen-bond acceptors (Lipinski definition) is 3. The Morgan fingerprint density at radius 1 is 1.17 bits per heavy atom. The van der Waals surface area contributed by atoms with Crippen molar-refractivity contribution in [3.8, 4) is 5.75 Å². The largest absolute Gasteiger partial charge is 0.493 e. The smallest absolute Gasteiger partial charge is 0.230 e. The lowest BCUT2D eigenvalue weighted by Gasteiger charge is -2.43. The maximum atomic E-state index is 13.4. The van der Waals surface area contributed by atoms with Gasteiger partial charge in [0.25, 0.3) is 0 Å². The van der Waals surface area contributed by atoms with Crippen molar-refractivity contribution in [1.82, 2.24) is 4.90 Å². The molecule has 160 valence electrons. The maximum Gasteiger partial charge on any atom is 0.230 e. The van der Waals surface area contributed by atoms with Crippen molar-refractivity contribution in [3.63, 3.8) is 0 Å². The van der Waals surface area contributed by atoms with Gasteiger partial charge in [0.05, 0.1) is 12.5 Å². The molecule has 2 N–H and O–H groups in total. The summed E-state index contributed by atoms with van der Waals surface area (Å²) < 4.78 is 6.00. The molecule has 0 saturated carbocycles. The van der Waals surface area contributed by atoms with Gasteiger partial charge in [-0.3, -0.25) is 9.59 Å². The van der Waals surface area contributed by atoms with E-state index in [1.54, 1.807) is 24.3 Å². The second-order valence-corrected chi connectivity index (χ2v) is 8.56. The first-order valence-electron chi connectivity index (χ1n) is 10.4. The second-order valence-electron chi connectivity index (χ2n) is 8.12. The number of primary amides is 1. The van der Waals surface area contributed by atoms with E-state index in [-0.39, 0.29) is 24.2 Å². The monoisotopic (exact) mass is 428 g/mol. The van der Waals surface area contributed by atoms with E-state index in [1.807, 2.05) is 42.2 Å². The second kappa shape index (κ2) is 9.98. The number of benzene rings is 2. The fraction of sp³-hybridized carbons (Fsp3) is 0.417. The van der Waals surface area contributed by atoms with Crippen LogP contribution >= 0.6 is 11.6 Å². The molecule has 0 aromatic heterocycles. The SMILES string of the molecule is CC[C@@H](C(=O)N1CCC[C@@](COc2ccc(Cl)cc2)(CC(N)=O)C1)c1ccccc1. The first kappa shape index (κ1) is 22.2. The first-order chi connectivity index (χ1) is 14.4. The Hall–Kier alpha value is -2.53. The van der Waals surface area contributed by atoms with Crippen molar-refractivity contribution in [2.75, 3.05) is 19.7 Å². The van der Waals surface area contributed by atoms with Crippen LogP contribution in [0.2, 0.25) is 5.02 Å². The molecule has 0 aliphatic carbocycles. The number of halogens is 1. The normalized spacial score (nSPS) is 19.9. The number of nitrogens with zero attached hydrogens (tertiary/aromatic N) is 1. The van der Waals surface area contributed by atoms with Crippen LogP contribution in [0.5, 0.6) is 5.75 Å². The molecule has 0 unspecified atom stereocenters. The Balaban J connectivity index is 1.76. The highest BCUT2D eigenvalue weighted by Gasteiger charge is 2.40. The molecule has 2 atom stereocenters. The van der Waals surface area contributed by atoms with Gasteiger partial charge in [-0.15, -0.1) is 0 Å². The molecule has 1 aliphatic heterocycles. The van der Waals surface area contributed by atoms with Crippen molar-refractivity contribution in [2.45, 2.75) is 38.5 Å². The summed E-state index contributed by atoms with van der Waals surface area (Å²) in [6.45, 7) is 3.50. The quantitative estimate of drug-likeness (QED) is 0.677. The standard InChI is InChI=1S/C24H29ClN2O3/c1-2-21(18-7-4-3-5-8-18)23(29)27-14-6-13-24(16-27,15-22(26)28)17-30-20-11-9-19(25)10-12-20/h3-5,7-12,21H,2,6,13-17H2,1H3,(H2,26,28)/t21-,24-/m1/s1. The van der Waals surface area contributed by atoms with Crippen molar-refractivity contribution in [2.24, 2.45) is 11.1 Å². The van der Waals surface area contributed by atoms with Gasteiger partial charge in [-0.1, -0.05) is 48.9 Å². The van der Waals surface area contributed by atoms with Gasteiger partial charge in [-0.05, 0) is 49.1 Å². The highest BCUT2D eigenvalue weighted by atomic mass is 35.5. The predicted molar refractivity (Wildman–Crippen MR) is 118 cm³/mol. The van der Waals surface area contributed by atoms with Crippen molar-refractivity contribution >= 4 is 23.4 Å². The number of ether oxygens (including phenoxy) is 1. The zero-order valence-corrected chi connectivity index (χ0v) is 18.1. The van der Waals surface area contributed by atoms with Crippen LogP contribution in [0.3, 0.4) is 0 Å². The summed E-state index contributed by atoms with van der Waals surface area (Å²) in [5, 5.41) is 0.634. The lowest BCUT2D eigenvalue weighted by Crippen LogP contribution is -2.51. The first-order valence-corrected chi connectivity index (χ1v) is 10.8. The van der Waals surface area contributed by atoms with Gasteiger partial charge in [-0.25, -0.2) is 0 Å². The number of nitrogens with two attached hydrogens (primary N) is 1. The summed E-state index contributed by atoms with van der Waals surface area (Å²) in [6, 6.07) is 17.0. The molecule has 2 aromatic carbocycles. The molecular weight excluding hydrogens is 400 g/mol. The number of hydrogen-bond donors (Lipinski definition) is 1. The van der Waals surface area contributed by atoms with Gasteiger partial charge < -0.3 is 15.4 Å².